The first kappa shape index (κ1) is 17.2. The van der Waals surface area contributed by atoms with Crippen molar-refractivity contribution in [1.82, 2.24) is 14.1 Å². The minimum absolute atomic E-state index is 1.05. The van der Waals surface area contributed by atoms with Gasteiger partial charge in [0.25, 0.3) is 5.82 Å². The summed E-state index contributed by atoms with van der Waals surface area (Å²) in [4.78, 5) is 6.06. The van der Waals surface area contributed by atoms with Gasteiger partial charge in [-0.25, -0.2) is 9.55 Å². The molecule has 4 nitrogen and oxygen atoms in total. The number of benzene rings is 2. The van der Waals surface area contributed by atoms with Gasteiger partial charge in [0.05, 0.1) is 17.3 Å². The lowest BCUT2D eigenvalue weighted by molar-refractivity contribution is -0.659. The fourth-order valence-electron chi connectivity index (χ4n) is 4.03. The molecular weight excluding hydrogens is 364 g/mol. The fourth-order valence-corrected chi connectivity index (χ4v) is 5.38. The summed E-state index contributed by atoms with van der Waals surface area (Å²) in [6, 6.07) is 13.0. The molecule has 140 valence electrons. The molecule has 0 aliphatic rings. The van der Waals surface area contributed by atoms with Crippen LogP contribution in [0.15, 0.2) is 48.8 Å². The Labute approximate surface area is 168 Å². The predicted molar refractivity (Wildman–Crippen MR) is 116 cm³/mol. The Morgan fingerprint density at radius 3 is 2.57 bits per heavy atom. The van der Waals surface area contributed by atoms with Crippen molar-refractivity contribution in [2.75, 3.05) is 0 Å². The molecule has 0 fully saturated rings. The van der Waals surface area contributed by atoms with Crippen LogP contribution in [0.5, 0.6) is 0 Å². The van der Waals surface area contributed by atoms with Gasteiger partial charge in [-0.1, -0.05) is 30.3 Å². The van der Waals surface area contributed by atoms with Crippen LogP contribution in [-0.4, -0.2) is 14.1 Å². The van der Waals surface area contributed by atoms with E-state index < -0.39 is 0 Å². The highest BCUT2D eigenvalue weighted by Crippen LogP contribution is 2.41. The summed E-state index contributed by atoms with van der Waals surface area (Å²) in [5.41, 5.74) is 6.15. The van der Waals surface area contributed by atoms with Gasteiger partial charge in [0.15, 0.2) is 0 Å². The monoisotopic (exact) mass is 387 g/mol. The van der Waals surface area contributed by atoms with Crippen LogP contribution in [-0.2, 0) is 14.1 Å². The molecule has 0 aliphatic heterocycles. The zero-order valence-electron chi connectivity index (χ0n) is 16.8. The van der Waals surface area contributed by atoms with E-state index in [1.54, 1.807) is 0 Å². The third-order valence-electron chi connectivity index (χ3n) is 5.69. The maximum absolute atomic E-state index is 4.83. The quantitative estimate of drug-likeness (QED) is 0.392. The van der Waals surface area contributed by atoms with Gasteiger partial charge in [-0.15, -0.1) is 11.3 Å². The molecule has 0 N–H and O–H groups in total. The molecule has 0 bridgehead atoms. The van der Waals surface area contributed by atoms with E-state index >= 15 is 0 Å². The summed E-state index contributed by atoms with van der Waals surface area (Å²) in [6.45, 7) is 6.43. The molecule has 0 saturated carbocycles. The summed E-state index contributed by atoms with van der Waals surface area (Å²) in [6.07, 6.45) is 4.29. The van der Waals surface area contributed by atoms with Gasteiger partial charge in [0.1, 0.15) is 34.3 Å². The Morgan fingerprint density at radius 2 is 1.79 bits per heavy atom. The Morgan fingerprint density at radius 1 is 1.00 bits per heavy atom. The predicted octanol–water partition coefficient (Wildman–Crippen LogP) is 5.00. The number of aromatic nitrogens is 4. The molecule has 5 rings (SSSR count). The van der Waals surface area contributed by atoms with E-state index in [-0.39, 0.29) is 0 Å². The molecule has 0 atom stereocenters. The lowest BCUT2D eigenvalue weighted by Gasteiger charge is -2.09. The number of hydrogen-bond donors (Lipinski definition) is 0. The van der Waals surface area contributed by atoms with Gasteiger partial charge in [0.2, 0.25) is 0 Å². The largest absolute Gasteiger partial charge is 0.323 e. The number of para-hydroxylation sites is 1. The number of aryl methyl sites for hydroxylation is 5. The van der Waals surface area contributed by atoms with Crippen molar-refractivity contribution in [1.29, 1.82) is 0 Å². The SMILES string of the molecule is Cc1ccccc1-n1cc[n+](C)c1-c1c(C)ccc2c1sc1c2nc(C)n1C. The third-order valence-corrected chi connectivity index (χ3v) is 6.98. The zero-order valence-corrected chi connectivity index (χ0v) is 17.6. The Bertz CT molecular complexity index is 1370. The van der Waals surface area contributed by atoms with Crippen LogP contribution < -0.4 is 4.57 Å². The molecule has 3 heterocycles. The summed E-state index contributed by atoms with van der Waals surface area (Å²) >= 11 is 1.84. The number of thiophene rings is 1. The highest BCUT2D eigenvalue weighted by molar-refractivity contribution is 7.26. The first-order valence-electron chi connectivity index (χ1n) is 9.46. The Hall–Kier alpha value is -2.92. The highest BCUT2D eigenvalue weighted by Gasteiger charge is 2.26. The molecule has 0 amide bonds. The molecule has 0 radical (unpaired) electrons. The van der Waals surface area contributed by atoms with E-state index in [0.717, 1.165) is 11.3 Å². The lowest BCUT2D eigenvalue weighted by Crippen LogP contribution is -2.29. The summed E-state index contributed by atoms with van der Waals surface area (Å²) in [7, 11) is 4.22. The van der Waals surface area contributed by atoms with E-state index in [1.807, 2.05) is 11.3 Å². The molecule has 0 unspecified atom stereocenters. The van der Waals surface area contributed by atoms with Crippen molar-refractivity contribution in [3.8, 4) is 17.1 Å². The topological polar surface area (TPSA) is 26.6 Å². The number of fused-ring (bicyclic) bond motifs is 3. The standard InChI is InChI=1S/C23H23N4S/c1-14-8-6-7-9-18(14)27-13-12-25(4)22(27)19-15(2)10-11-17-20-23(28-21(17)19)26(5)16(3)24-20/h6-13H,1-5H3/q+1. The molecule has 3 aromatic heterocycles. The van der Waals surface area contributed by atoms with E-state index in [4.69, 9.17) is 4.98 Å². The maximum Gasteiger partial charge on any atom is 0.295 e. The van der Waals surface area contributed by atoms with Crippen LogP contribution >= 0.6 is 11.3 Å². The van der Waals surface area contributed by atoms with Gasteiger partial charge in [-0.2, -0.15) is 4.57 Å². The van der Waals surface area contributed by atoms with E-state index in [1.165, 1.54) is 43.1 Å². The second kappa shape index (κ2) is 6.04. The molecular formula is C23H23N4S+. The van der Waals surface area contributed by atoms with Crippen LogP contribution in [0.1, 0.15) is 17.0 Å². The maximum atomic E-state index is 4.83. The fraction of sp³-hybridized carbons (Fsp3) is 0.217. The van der Waals surface area contributed by atoms with E-state index in [2.05, 4.69) is 97.4 Å². The second-order valence-corrected chi connectivity index (χ2v) is 8.50. The van der Waals surface area contributed by atoms with Gasteiger partial charge in [-0.3, -0.25) is 0 Å². The first-order valence-corrected chi connectivity index (χ1v) is 10.3. The molecule has 0 spiro atoms. The minimum atomic E-state index is 1.05. The van der Waals surface area contributed by atoms with E-state index in [9.17, 15) is 0 Å². The van der Waals surface area contributed by atoms with E-state index in [0.29, 0.717) is 0 Å². The second-order valence-electron chi connectivity index (χ2n) is 7.50. The van der Waals surface area contributed by atoms with Crippen molar-refractivity contribution in [3.63, 3.8) is 0 Å². The molecule has 28 heavy (non-hydrogen) atoms. The first-order chi connectivity index (χ1) is 13.5. The number of imidazole rings is 2. The molecule has 0 aliphatic carbocycles. The van der Waals surface area contributed by atoms with Crippen molar-refractivity contribution >= 4 is 31.8 Å². The summed E-state index contributed by atoms with van der Waals surface area (Å²) < 4.78 is 8.02. The van der Waals surface area contributed by atoms with Crippen LogP contribution in [0.2, 0.25) is 0 Å². The molecule has 5 aromatic rings. The van der Waals surface area contributed by atoms with Crippen LogP contribution in [0.25, 0.3) is 37.5 Å². The van der Waals surface area contributed by atoms with Crippen LogP contribution in [0.4, 0.5) is 0 Å². The third kappa shape index (κ3) is 2.29. The van der Waals surface area contributed by atoms with Crippen molar-refractivity contribution in [2.45, 2.75) is 20.8 Å². The average Bonchev–Trinajstić information content (AvgIpc) is 3.30. The average molecular weight is 388 g/mol. The smallest absolute Gasteiger partial charge is 0.295 e. The number of nitrogens with zero attached hydrogens (tertiary/aromatic N) is 4. The van der Waals surface area contributed by atoms with Crippen molar-refractivity contribution in [2.24, 2.45) is 14.1 Å². The number of hydrogen-bond acceptors (Lipinski definition) is 2. The van der Waals surface area contributed by atoms with Crippen molar-refractivity contribution in [3.05, 3.63) is 65.7 Å². The van der Waals surface area contributed by atoms with Crippen LogP contribution in [0.3, 0.4) is 0 Å². The summed E-state index contributed by atoms with van der Waals surface area (Å²) in [5.74, 6) is 2.25. The Balaban J connectivity index is 1.88. The van der Waals surface area contributed by atoms with Gasteiger partial charge >= 0.3 is 0 Å². The molecule has 2 aromatic carbocycles. The van der Waals surface area contributed by atoms with Crippen LogP contribution in [0, 0.1) is 20.8 Å². The lowest BCUT2D eigenvalue weighted by atomic mass is 10.0. The van der Waals surface area contributed by atoms with Gasteiger partial charge in [0, 0.05) is 12.4 Å². The zero-order chi connectivity index (χ0) is 19.6. The molecule has 5 heteroatoms. The number of rotatable bonds is 2. The normalized spacial score (nSPS) is 11.8. The van der Waals surface area contributed by atoms with Gasteiger partial charge < -0.3 is 4.57 Å². The summed E-state index contributed by atoms with van der Waals surface area (Å²) in [5, 5.41) is 1.24. The van der Waals surface area contributed by atoms with Gasteiger partial charge in [-0.05, 0) is 38.0 Å². The molecule has 0 saturated heterocycles. The van der Waals surface area contributed by atoms with Crippen molar-refractivity contribution < 1.29 is 4.57 Å². The Kier molecular flexibility index (Phi) is 3.71. The minimum Gasteiger partial charge on any atom is -0.323 e. The highest BCUT2D eigenvalue weighted by atomic mass is 32.1.